The fraction of sp³-hybridized carbons (Fsp3) is 0.467. The zero-order chi connectivity index (χ0) is 15.7. The van der Waals surface area contributed by atoms with Crippen LogP contribution in [0.3, 0.4) is 0 Å². The molecular formula is C15H18ClFN4O. The third-order valence-electron chi connectivity index (χ3n) is 3.99. The highest BCUT2D eigenvalue weighted by Crippen LogP contribution is 2.22. The third-order valence-corrected chi connectivity index (χ3v) is 4.22. The van der Waals surface area contributed by atoms with Crippen molar-refractivity contribution < 1.29 is 4.39 Å². The predicted octanol–water partition coefficient (Wildman–Crippen LogP) is 1.71. The van der Waals surface area contributed by atoms with Crippen LogP contribution in [0.4, 0.5) is 4.39 Å². The second-order valence-corrected chi connectivity index (χ2v) is 6.08. The van der Waals surface area contributed by atoms with Gasteiger partial charge >= 0.3 is 0 Å². The molecule has 0 amide bonds. The Morgan fingerprint density at radius 3 is 3.14 bits per heavy atom. The number of benzene rings is 1. The number of H-pyrrole nitrogens is 1. The molecule has 0 aliphatic carbocycles. The van der Waals surface area contributed by atoms with Gasteiger partial charge in [-0.15, -0.1) is 0 Å². The summed E-state index contributed by atoms with van der Waals surface area (Å²) in [5.74, 6) is 0.537. The summed E-state index contributed by atoms with van der Waals surface area (Å²) in [6.45, 7) is 1.50. The molecule has 2 heterocycles. The van der Waals surface area contributed by atoms with Gasteiger partial charge in [0.25, 0.3) is 5.56 Å². The summed E-state index contributed by atoms with van der Waals surface area (Å²) in [4.78, 5) is 21.4. The van der Waals surface area contributed by atoms with Crippen molar-refractivity contribution in [2.45, 2.75) is 25.2 Å². The summed E-state index contributed by atoms with van der Waals surface area (Å²) >= 11 is 5.96. The molecule has 22 heavy (non-hydrogen) atoms. The van der Waals surface area contributed by atoms with Crippen LogP contribution in [-0.4, -0.2) is 47.2 Å². The van der Waals surface area contributed by atoms with E-state index in [1.807, 2.05) is 11.9 Å². The molecule has 0 radical (unpaired) electrons. The highest BCUT2D eigenvalue weighted by molar-refractivity contribution is 6.31. The van der Waals surface area contributed by atoms with Crippen LogP contribution in [0.15, 0.2) is 23.0 Å². The smallest absolute Gasteiger partial charge is 0.258 e. The number of aromatic amines is 1. The number of fused-ring (bicyclic) bond motifs is 1. The van der Waals surface area contributed by atoms with E-state index in [9.17, 15) is 9.18 Å². The molecule has 0 saturated carbocycles. The molecule has 1 aromatic heterocycles. The van der Waals surface area contributed by atoms with Crippen molar-refractivity contribution in [3.63, 3.8) is 0 Å². The van der Waals surface area contributed by atoms with Crippen molar-refractivity contribution >= 4 is 22.5 Å². The normalized spacial score (nSPS) is 22.5. The van der Waals surface area contributed by atoms with Crippen LogP contribution in [0.5, 0.6) is 0 Å². The summed E-state index contributed by atoms with van der Waals surface area (Å²) in [7, 11) is 1.85. The Bertz CT molecular complexity index is 735. The number of likely N-dealkylation sites (tertiary alicyclic amines) is 1. The molecule has 2 aromatic rings. The van der Waals surface area contributed by atoms with Gasteiger partial charge in [0.2, 0.25) is 0 Å². The number of nitrogens with zero attached hydrogens (tertiary/aromatic N) is 2. The molecule has 118 valence electrons. The van der Waals surface area contributed by atoms with E-state index < -0.39 is 6.17 Å². The molecular weight excluding hydrogens is 307 g/mol. The second-order valence-electron chi connectivity index (χ2n) is 5.65. The number of nitrogens with one attached hydrogen (secondary N) is 2. The number of halogens is 2. The monoisotopic (exact) mass is 324 g/mol. The molecule has 7 heteroatoms. The van der Waals surface area contributed by atoms with Gasteiger partial charge in [0, 0.05) is 24.2 Å². The molecule has 0 bridgehead atoms. The second kappa shape index (κ2) is 6.32. The largest absolute Gasteiger partial charge is 0.318 e. The third kappa shape index (κ3) is 3.14. The number of rotatable bonds is 4. The summed E-state index contributed by atoms with van der Waals surface area (Å²) < 4.78 is 13.7. The van der Waals surface area contributed by atoms with Gasteiger partial charge in [0.1, 0.15) is 12.0 Å². The van der Waals surface area contributed by atoms with Gasteiger partial charge in [-0.05, 0) is 31.7 Å². The first-order chi connectivity index (χ1) is 10.6. The van der Waals surface area contributed by atoms with Gasteiger partial charge in [0.05, 0.1) is 17.4 Å². The van der Waals surface area contributed by atoms with Gasteiger partial charge in [-0.2, -0.15) is 0 Å². The zero-order valence-electron chi connectivity index (χ0n) is 12.3. The maximum Gasteiger partial charge on any atom is 0.258 e. The Kier molecular flexibility index (Phi) is 4.42. The van der Waals surface area contributed by atoms with E-state index >= 15 is 0 Å². The quantitative estimate of drug-likeness (QED) is 0.899. The first-order valence-corrected chi connectivity index (χ1v) is 7.66. The van der Waals surface area contributed by atoms with E-state index in [2.05, 4.69) is 15.3 Å². The fourth-order valence-corrected chi connectivity index (χ4v) is 3.16. The lowest BCUT2D eigenvalue weighted by Gasteiger charge is -2.23. The number of hydrogen-bond donors (Lipinski definition) is 2. The van der Waals surface area contributed by atoms with Crippen molar-refractivity contribution in [1.82, 2.24) is 20.2 Å². The van der Waals surface area contributed by atoms with E-state index in [0.29, 0.717) is 47.8 Å². The van der Waals surface area contributed by atoms with Crippen LogP contribution in [-0.2, 0) is 6.54 Å². The number of alkyl halides is 1. The lowest BCUT2D eigenvalue weighted by Crippen LogP contribution is -2.37. The predicted molar refractivity (Wildman–Crippen MR) is 85.0 cm³/mol. The molecule has 2 N–H and O–H groups in total. The Morgan fingerprint density at radius 2 is 2.36 bits per heavy atom. The first kappa shape index (κ1) is 15.4. The SMILES string of the molecule is CNC[C@@H]1C[C@H](F)CN1Cc1nc2cc(Cl)ccc2c(=O)[nH]1. The fourth-order valence-electron chi connectivity index (χ4n) is 2.99. The molecule has 0 spiro atoms. The first-order valence-electron chi connectivity index (χ1n) is 7.28. The molecule has 0 unspecified atom stereocenters. The molecule has 1 saturated heterocycles. The van der Waals surface area contributed by atoms with Crippen LogP contribution in [0.2, 0.25) is 5.02 Å². The maximum absolute atomic E-state index is 13.7. The molecule has 5 nitrogen and oxygen atoms in total. The minimum atomic E-state index is -0.833. The lowest BCUT2D eigenvalue weighted by atomic mass is 10.2. The summed E-state index contributed by atoms with van der Waals surface area (Å²) in [5, 5.41) is 4.12. The van der Waals surface area contributed by atoms with Crippen molar-refractivity contribution in [2.24, 2.45) is 0 Å². The highest BCUT2D eigenvalue weighted by Gasteiger charge is 2.31. The molecule has 2 atom stereocenters. The Balaban J connectivity index is 1.88. The van der Waals surface area contributed by atoms with E-state index in [1.54, 1.807) is 18.2 Å². The van der Waals surface area contributed by atoms with Crippen LogP contribution in [0, 0.1) is 0 Å². The average Bonchev–Trinajstić information content (AvgIpc) is 2.78. The lowest BCUT2D eigenvalue weighted by molar-refractivity contribution is 0.227. The summed E-state index contributed by atoms with van der Waals surface area (Å²) in [5.41, 5.74) is 0.366. The van der Waals surface area contributed by atoms with Gasteiger partial charge in [-0.25, -0.2) is 9.37 Å². The summed E-state index contributed by atoms with van der Waals surface area (Å²) in [6, 6.07) is 5.10. The Labute approximate surface area is 132 Å². The zero-order valence-corrected chi connectivity index (χ0v) is 13.0. The molecule has 1 fully saturated rings. The van der Waals surface area contributed by atoms with E-state index in [0.717, 1.165) is 0 Å². The van der Waals surface area contributed by atoms with E-state index in [1.165, 1.54) is 0 Å². The van der Waals surface area contributed by atoms with Crippen molar-refractivity contribution in [3.8, 4) is 0 Å². The molecule has 1 aliphatic rings. The van der Waals surface area contributed by atoms with E-state index in [4.69, 9.17) is 11.6 Å². The van der Waals surface area contributed by atoms with Crippen LogP contribution in [0.1, 0.15) is 12.2 Å². The summed E-state index contributed by atoms with van der Waals surface area (Å²) in [6.07, 6.45) is -0.329. The maximum atomic E-state index is 13.7. The minimum Gasteiger partial charge on any atom is -0.318 e. The standard InChI is InChI=1S/C15H18ClFN4O/c1-18-6-11-5-10(17)7-21(11)8-14-19-13-4-9(16)2-3-12(13)15(22)20-14/h2-4,10-11,18H,5-8H2,1H3,(H,19,20,22)/t10-,11-/m0/s1. The molecule has 1 aromatic carbocycles. The van der Waals surface area contributed by atoms with Crippen molar-refractivity contribution in [1.29, 1.82) is 0 Å². The van der Waals surface area contributed by atoms with Gasteiger partial charge in [-0.3, -0.25) is 9.69 Å². The minimum absolute atomic E-state index is 0.111. The molecule has 1 aliphatic heterocycles. The topological polar surface area (TPSA) is 61.0 Å². The van der Waals surface area contributed by atoms with Crippen LogP contribution >= 0.6 is 11.6 Å². The van der Waals surface area contributed by atoms with E-state index in [-0.39, 0.29) is 11.6 Å². The van der Waals surface area contributed by atoms with Crippen molar-refractivity contribution in [3.05, 3.63) is 39.4 Å². The van der Waals surface area contributed by atoms with Gasteiger partial charge in [-0.1, -0.05) is 11.6 Å². The van der Waals surface area contributed by atoms with Gasteiger partial charge in [0.15, 0.2) is 0 Å². The number of likely N-dealkylation sites (N-methyl/N-ethyl adjacent to an activating group) is 1. The van der Waals surface area contributed by atoms with Crippen LogP contribution < -0.4 is 10.9 Å². The van der Waals surface area contributed by atoms with Crippen molar-refractivity contribution in [2.75, 3.05) is 20.1 Å². The number of aromatic nitrogens is 2. The van der Waals surface area contributed by atoms with Gasteiger partial charge < -0.3 is 10.3 Å². The highest BCUT2D eigenvalue weighted by atomic mass is 35.5. The number of hydrogen-bond acceptors (Lipinski definition) is 4. The Hall–Kier alpha value is -1.50. The molecule has 3 rings (SSSR count). The van der Waals surface area contributed by atoms with Crippen LogP contribution in [0.25, 0.3) is 10.9 Å². The Morgan fingerprint density at radius 1 is 1.55 bits per heavy atom. The average molecular weight is 325 g/mol.